The molecule has 0 radical (unpaired) electrons. The molecular weight excluding hydrogens is 232 g/mol. The highest BCUT2D eigenvalue weighted by atomic mass is 35.5. The van der Waals surface area contributed by atoms with E-state index < -0.39 is 6.04 Å². The predicted molar refractivity (Wildman–Crippen MR) is 66.4 cm³/mol. The summed E-state index contributed by atoms with van der Waals surface area (Å²) in [5.41, 5.74) is 5.15. The molecule has 0 aliphatic carbocycles. The van der Waals surface area contributed by atoms with Gasteiger partial charge in [-0.2, -0.15) is 0 Å². The molecule has 3 nitrogen and oxygen atoms in total. The van der Waals surface area contributed by atoms with Gasteiger partial charge in [-0.3, -0.25) is 4.79 Å². The van der Waals surface area contributed by atoms with Gasteiger partial charge in [0.15, 0.2) is 0 Å². The monoisotopic (exact) mass is 248 g/mol. The first-order chi connectivity index (χ1) is 6.43. The minimum atomic E-state index is -0.464. The molecule has 0 bridgehead atoms. The Morgan fingerprint density at radius 1 is 1.60 bits per heavy atom. The van der Waals surface area contributed by atoms with Crippen LogP contribution in [0.5, 0.6) is 0 Å². The van der Waals surface area contributed by atoms with E-state index in [1.54, 1.807) is 18.3 Å². The minimum Gasteiger partial charge on any atom is -0.345 e. The zero-order valence-electron chi connectivity index (χ0n) is 9.11. The standard InChI is InChI=1S/C10H16N2OS.ClH/c1-7(11)9(13)12-10(2,3)8-5-4-6-14-8;/h4-7H,11H2,1-3H3,(H,12,13);1H/t7-;/m0./s1. The van der Waals surface area contributed by atoms with Gasteiger partial charge >= 0.3 is 0 Å². The molecule has 0 fully saturated rings. The summed E-state index contributed by atoms with van der Waals surface area (Å²) in [6, 6.07) is 3.51. The van der Waals surface area contributed by atoms with Crippen LogP contribution in [0.15, 0.2) is 17.5 Å². The Hall–Kier alpha value is -0.580. The molecule has 0 aliphatic heterocycles. The van der Waals surface area contributed by atoms with Gasteiger partial charge in [0.1, 0.15) is 0 Å². The Morgan fingerprint density at radius 3 is 2.60 bits per heavy atom. The summed E-state index contributed by atoms with van der Waals surface area (Å²) >= 11 is 1.63. The topological polar surface area (TPSA) is 55.1 Å². The van der Waals surface area contributed by atoms with Crippen LogP contribution in [0.1, 0.15) is 25.6 Å². The van der Waals surface area contributed by atoms with E-state index in [0.717, 1.165) is 4.88 Å². The van der Waals surface area contributed by atoms with E-state index in [4.69, 9.17) is 5.73 Å². The summed E-state index contributed by atoms with van der Waals surface area (Å²) in [7, 11) is 0. The van der Waals surface area contributed by atoms with Gasteiger partial charge in [0.25, 0.3) is 0 Å². The maximum atomic E-state index is 11.4. The number of hydrogen-bond donors (Lipinski definition) is 2. The molecule has 0 saturated heterocycles. The van der Waals surface area contributed by atoms with Crippen molar-refractivity contribution in [2.24, 2.45) is 5.73 Å². The maximum absolute atomic E-state index is 11.4. The highest BCUT2D eigenvalue weighted by molar-refractivity contribution is 7.10. The van der Waals surface area contributed by atoms with E-state index in [9.17, 15) is 4.79 Å². The van der Waals surface area contributed by atoms with E-state index in [0.29, 0.717) is 0 Å². The molecule has 0 spiro atoms. The van der Waals surface area contributed by atoms with E-state index in [2.05, 4.69) is 5.32 Å². The van der Waals surface area contributed by atoms with Gasteiger partial charge in [-0.05, 0) is 32.2 Å². The molecule has 15 heavy (non-hydrogen) atoms. The normalized spacial score (nSPS) is 12.8. The zero-order chi connectivity index (χ0) is 10.8. The van der Waals surface area contributed by atoms with Crippen molar-refractivity contribution in [2.75, 3.05) is 0 Å². The number of carbonyl (C=O) groups excluding carboxylic acids is 1. The fraction of sp³-hybridized carbons (Fsp3) is 0.500. The Morgan fingerprint density at radius 2 is 2.20 bits per heavy atom. The summed E-state index contributed by atoms with van der Waals surface area (Å²) in [5.74, 6) is -0.122. The molecular formula is C10H17ClN2OS. The number of nitrogens with one attached hydrogen (secondary N) is 1. The first kappa shape index (κ1) is 14.4. The van der Waals surface area contributed by atoms with Gasteiger partial charge < -0.3 is 11.1 Å². The molecule has 0 aliphatic rings. The number of thiophene rings is 1. The lowest BCUT2D eigenvalue weighted by Gasteiger charge is -2.26. The van der Waals surface area contributed by atoms with Crippen LogP contribution in [0, 0.1) is 0 Å². The van der Waals surface area contributed by atoms with Crippen LogP contribution in [0.2, 0.25) is 0 Å². The molecule has 0 saturated carbocycles. The fourth-order valence-corrected chi connectivity index (χ4v) is 1.92. The van der Waals surface area contributed by atoms with Crippen LogP contribution in [-0.2, 0) is 10.3 Å². The number of amides is 1. The summed E-state index contributed by atoms with van der Waals surface area (Å²) in [6.45, 7) is 5.62. The van der Waals surface area contributed by atoms with Gasteiger partial charge in [0.05, 0.1) is 11.6 Å². The average molecular weight is 249 g/mol. The molecule has 0 aromatic carbocycles. The third-order valence-corrected chi connectivity index (χ3v) is 3.18. The van der Waals surface area contributed by atoms with Crippen molar-refractivity contribution in [3.63, 3.8) is 0 Å². The number of halogens is 1. The zero-order valence-corrected chi connectivity index (χ0v) is 10.7. The second kappa shape index (κ2) is 5.49. The Bertz CT molecular complexity index is 309. The van der Waals surface area contributed by atoms with Crippen LogP contribution < -0.4 is 11.1 Å². The molecule has 5 heteroatoms. The quantitative estimate of drug-likeness (QED) is 0.858. The molecule has 1 atom stereocenters. The molecule has 0 unspecified atom stereocenters. The van der Waals surface area contributed by atoms with Crippen LogP contribution in [0.25, 0.3) is 0 Å². The van der Waals surface area contributed by atoms with Gasteiger partial charge in [0.2, 0.25) is 5.91 Å². The Kier molecular flexibility index (Phi) is 5.28. The predicted octanol–water partition coefficient (Wildman–Crippen LogP) is 1.87. The molecule has 3 N–H and O–H groups in total. The van der Waals surface area contributed by atoms with Crippen LogP contribution in [0.3, 0.4) is 0 Å². The first-order valence-electron chi connectivity index (χ1n) is 4.55. The summed E-state index contributed by atoms with van der Waals surface area (Å²) in [6.07, 6.45) is 0. The highest BCUT2D eigenvalue weighted by Crippen LogP contribution is 2.24. The average Bonchev–Trinajstić information content (AvgIpc) is 2.54. The third-order valence-electron chi connectivity index (χ3n) is 1.99. The van der Waals surface area contributed by atoms with Crippen molar-refractivity contribution >= 4 is 29.7 Å². The molecule has 1 aromatic heterocycles. The number of hydrogen-bond acceptors (Lipinski definition) is 3. The fourth-order valence-electron chi connectivity index (χ4n) is 1.12. The third kappa shape index (κ3) is 3.81. The van der Waals surface area contributed by atoms with Gasteiger partial charge in [0, 0.05) is 4.88 Å². The highest BCUT2D eigenvalue weighted by Gasteiger charge is 2.24. The number of rotatable bonds is 3. The van der Waals surface area contributed by atoms with E-state index in [1.165, 1.54) is 0 Å². The lowest BCUT2D eigenvalue weighted by Crippen LogP contribution is -2.47. The first-order valence-corrected chi connectivity index (χ1v) is 5.43. The van der Waals surface area contributed by atoms with Crippen molar-refractivity contribution in [2.45, 2.75) is 32.4 Å². The van der Waals surface area contributed by atoms with Crippen molar-refractivity contribution < 1.29 is 4.79 Å². The van der Waals surface area contributed by atoms with Crippen molar-refractivity contribution in [1.29, 1.82) is 0 Å². The van der Waals surface area contributed by atoms with Crippen LogP contribution in [0.4, 0.5) is 0 Å². The number of nitrogens with two attached hydrogens (primary N) is 1. The van der Waals surface area contributed by atoms with Crippen molar-refractivity contribution in [3.8, 4) is 0 Å². The largest absolute Gasteiger partial charge is 0.345 e. The Balaban J connectivity index is 0.00000196. The molecule has 1 amide bonds. The number of carbonyl (C=O) groups is 1. The smallest absolute Gasteiger partial charge is 0.237 e. The van der Waals surface area contributed by atoms with E-state index >= 15 is 0 Å². The summed E-state index contributed by atoms with van der Waals surface area (Å²) < 4.78 is 0. The molecule has 1 aromatic rings. The summed E-state index contributed by atoms with van der Waals surface area (Å²) in [4.78, 5) is 12.6. The lowest BCUT2D eigenvalue weighted by molar-refractivity contribution is -0.123. The molecule has 86 valence electrons. The molecule has 1 heterocycles. The van der Waals surface area contributed by atoms with Crippen LogP contribution >= 0.6 is 23.7 Å². The van der Waals surface area contributed by atoms with E-state index in [1.807, 2.05) is 31.4 Å². The Labute approximate surface area is 100 Å². The second-order valence-electron chi connectivity index (χ2n) is 3.88. The second-order valence-corrected chi connectivity index (χ2v) is 4.83. The van der Waals surface area contributed by atoms with Crippen molar-refractivity contribution in [3.05, 3.63) is 22.4 Å². The van der Waals surface area contributed by atoms with Crippen LogP contribution in [-0.4, -0.2) is 11.9 Å². The molecule has 1 rings (SSSR count). The maximum Gasteiger partial charge on any atom is 0.237 e. The SMILES string of the molecule is C[C@H](N)C(=O)NC(C)(C)c1cccs1.Cl. The van der Waals surface area contributed by atoms with Gasteiger partial charge in [-0.25, -0.2) is 0 Å². The van der Waals surface area contributed by atoms with Crippen molar-refractivity contribution in [1.82, 2.24) is 5.32 Å². The minimum absolute atomic E-state index is 0. The van der Waals surface area contributed by atoms with Gasteiger partial charge in [-0.1, -0.05) is 6.07 Å². The lowest BCUT2D eigenvalue weighted by atomic mass is 10.0. The summed E-state index contributed by atoms with van der Waals surface area (Å²) in [5, 5.41) is 4.90. The van der Waals surface area contributed by atoms with E-state index in [-0.39, 0.29) is 23.9 Å². The van der Waals surface area contributed by atoms with Gasteiger partial charge in [-0.15, -0.1) is 23.7 Å².